The first kappa shape index (κ1) is 20.0. The van der Waals surface area contributed by atoms with Gasteiger partial charge in [0.2, 0.25) is 0 Å². The van der Waals surface area contributed by atoms with Crippen LogP contribution in [0.5, 0.6) is 0 Å². The SMILES string of the molecule is Cc1cc(C)c(-c2[nH]c(C3CC3)nc2C#N)cc1C(=O)N1CC(c2ccc(C#N)cc2)C1. The lowest BCUT2D eigenvalue weighted by Gasteiger charge is -2.40. The minimum atomic E-state index is 0.00841. The average Bonchev–Trinajstić information content (AvgIpc) is 3.52. The number of benzene rings is 2. The van der Waals surface area contributed by atoms with Crippen LogP contribution in [0.3, 0.4) is 0 Å². The number of hydrogen-bond donors (Lipinski definition) is 1. The number of nitrogens with one attached hydrogen (secondary N) is 1. The van der Waals surface area contributed by atoms with Gasteiger partial charge < -0.3 is 9.88 Å². The number of rotatable bonds is 4. The summed E-state index contributed by atoms with van der Waals surface area (Å²) in [5.41, 5.74) is 6.36. The molecule has 5 rings (SSSR count). The lowest BCUT2D eigenvalue weighted by atomic mass is 9.89. The van der Waals surface area contributed by atoms with Crippen LogP contribution in [0.25, 0.3) is 11.3 Å². The Morgan fingerprint density at radius 1 is 1.03 bits per heavy atom. The zero-order chi connectivity index (χ0) is 22.4. The summed E-state index contributed by atoms with van der Waals surface area (Å²) in [4.78, 5) is 23.0. The Labute approximate surface area is 187 Å². The van der Waals surface area contributed by atoms with E-state index in [0.717, 1.165) is 40.9 Å². The maximum Gasteiger partial charge on any atom is 0.254 e. The second-order valence-electron chi connectivity index (χ2n) is 8.85. The number of nitrogens with zero attached hydrogens (tertiary/aromatic N) is 4. The summed E-state index contributed by atoms with van der Waals surface area (Å²) >= 11 is 0. The number of carbonyl (C=O) groups is 1. The molecule has 1 saturated carbocycles. The molecule has 158 valence electrons. The molecule has 2 aliphatic rings. The molecule has 2 heterocycles. The van der Waals surface area contributed by atoms with E-state index in [1.54, 1.807) is 0 Å². The van der Waals surface area contributed by atoms with Crippen LogP contribution in [0.1, 0.15) is 68.8 Å². The van der Waals surface area contributed by atoms with Crippen molar-refractivity contribution in [3.05, 3.63) is 75.7 Å². The van der Waals surface area contributed by atoms with E-state index in [1.165, 1.54) is 0 Å². The Bertz CT molecular complexity index is 1300. The number of imidazole rings is 1. The van der Waals surface area contributed by atoms with Gasteiger partial charge in [0.05, 0.1) is 17.3 Å². The second kappa shape index (κ2) is 7.66. The minimum Gasteiger partial charge on any atom is -0.341 e. The van der Waals surface area contributed by atoms with Crippen molar-refractivity contribution in [2.45, 2.75) is 38.5 Å². The Morgan fingerprint density at radius 2 is 1.75 bits per heavy atom. The third kappa shape index (κ3) is 3.44. The van der Waals surface area contributed by atoms with Crippen LogP contribution in [0.4, 0.5) is 0 Å². The molecule has 0 atom stereocenters. The highest BCUT2D eigenvalue weighted by molar-refractivity contribution is 5.98. The van der Waals surface area contributed by atoms with Crippen molar-refractivity contribution in [3.8, 4) is 23.4 Å². The standard InChI is InChI=1S/C26H23N5O/c1-15-9-16(2)22(10-21(15)24-23(12-28)29-25(30-24)19-7-8-19)26(32)31-13-20(14-31)18-5-3-17(11-27)4-6-18/h3-6,9-10,19-20H,7-8,13-14H2,1-2H3,(H,29,30). The lowest BCUT2D eigenvalue weighted by Crippen LogP contribution is -2.48. The van der Waals surface area contributed by atoms with Gasteiger partial charge in [-0.25, -0.2) is 4.98 Å². The summed E-state index contributed by atoms with van der Waals surface area (Å²) in [6, 6.07) is 15.9. The smallest absolute Gasteiger partial charge is 0.254 e. The number of nitriles is 2. The van der Waals surface area contributed by atoms with Gasteiger partial charge in [-0.05, 0) is 61.6 Å². The summed E-state index contributed by atoms with van der Waals surface area (Å²) < 4.78 is 0. The van der Waals surface area contributed by atoms with Gasteiger partial charge in [0.1, 0.15) is 11.9 Å². The molecule has 1 aromatic heterocycles. The van der Waals surface area contributed by atoms with Crippen LogP contribution >= 0.6 is 0 Å². The van der Waals surface area contributed by atoms with Crippen molar-refractivity contribution < 1.29 is 4.79 Å². The maximum atomic E-state index is 13.3. The highest BCUT2D eigenvalue weighted by Crippen LogP contribution is 2.40. The van der Waals surface area contributed by atoms with Gasteiger partial charge in [-0.15, -0.1) is 0 Å². The monoisotopic (exact) mass is 421 g/mol. The van der Waals surface area contributed by atoms with Crippen molar-refractivity contribution in [3.63, 3.8) is 0 Å². The van der Waals surface area contributed by atoms with Crippen molar-refractivity contribution in [2.24, 2.45) is 0 Å². The number of hydrogen-bond acceptors (Lipinski definition) is 4. The van der Waals surface area contributed by atoms with Crippen LogP contribution in [0.15, 0.2) is 36.4 Å². The van der Waals surface area contributed by atoms with Gasteiger partial charge in [-0.2, -0.15) is 10.5 Å². The number of H-pyrrole nitrogens is 1. The summed E-state index contributed by atoms with van der Waals surface area (Å²) in [7, 11) is 0. The normalized spacial score (nSPS) is 15.7. The Morgan fingerprint density at radius 3 is 2.38 bits per heavy atom. The van der Waals surface area contributed by atoms with E-state index >= 15 is 0 Å². The van der Waals surface area contributed by atoms with E-state index in [1.807, 2.05) is 55.1 Å². The zero-order valence-electron chi connectivity index (χ0n) is 18.1. The van der Waals surface area contributed by atoms with Gasteiger partial charge in [-0.1, -0.05) is 18.2 Å². The number of amides is 1. The summed E-state index contributed by atoms with van der Waals surface area (Å²) in [5, 5.41) is 18.6. The molecule has 3 aromatic rings. The highest BCUT2D eigenvalue weighted by atomic mass is 16.2. The molecular formula is C26H23N5O. The predicted molar refractivity (Wildman–Crippen MR) is 120 cm³/mol. The van der Waals surface area contributed by atoms with Crippen LogP contribution in [0, 0.1) is 36.5 Å². The Balaban J connectivity index is 1.39. The minimum absolute atomic E-state index is 0.00841. The van der Waals surface area contributed by atoms with Crippen LogP contribution in [0.2, 0.25) is 0 Å². The fourth-order valence-corrected chi connectivity index (χ4v) is 4.42. The average molecular weight is 422 g/mol. The van der Waals surface area contributed by atoms with Crippen molar-refractivity contribution in [1.82, 2.24) is 14.9 Å². The van der Waals surface area contributed by atoms with E-state index in [9.17, 15) is 10.1 Å². The first-order valence-corrected chi connectivity index (χ1v) is 10.9. The van der Waals surface area contributed by atoms with Crippen LogP contribution in [-0.2, 0) is 0 Å². The number of aryl methyl sites for hydroxylation is 2. The maximum absolute atomic E-state index is 13.3. The Hall–Kier alpha value is -3.90. The fourth-order valence-electron chi connectivity index (χ4n) is 4.42. The number of aromatic amines is 1. The first-order valence-electron chi connectivity index (χ1n) is 10.9. The molecule has 6 nitrogen and oxygen atoms in total. The van der Waals surface area contributed by atoms with Gasteiger partial charge >= 0.3 is 0 Å². The van der Waals surface area contributed by atoms with Crippen LogP contribution < -0.4 is 0 Å². The van der Waals surface area contributed by atoms with E-state index in [-0.39, 0.29) is 11.8 Å². The quantitative estimate of drug-likeness (QED) is 0.668. The molecule has 2 aromatic carbocycles. The van der Waals surface area contributed by atoms with E-state index in [0.29, 0.717) is 41.5 Å². The molecule has 2 fully saturated rings. The molecule has 0 spiro atoms. The van der Waals surface area contributed by atoms with Gasteiger partial charge in [0, 0.05) is 36.1 Å². The fraction of sp³-hybridized carbons (Fsp3) is 0.308. The third-order valence-corrected chi connectivity index (χ3v) is 6.54. The summed E-state index contributed by atoms with van der Waals surface area (Å²) in [5.74, 6) is 1.59. The van der Waals surface area contributed by atoms with E-state index in [4.69, 9.17) is 5.26 Å². The molecule has 1 amide bonds. The lowest BCUT2D eigenvalue weighted by molar-refractivity contribution is 0.0601. The molecule has 6 heteroatoms. The molecule has 1 N–H and O–H groups in total. The predicted octanol–water partition coefficient (Wildman–Crippen LogP) is 4.55. The van der Waals surface area contributed by atoms with Crippen molar-refractivity contribution in [1.29, 1.82) is 10.5 Å². The first-order chi connectivity index (χ1) is 15.5. The van der Waals surface area contributed by atoms with Gasteiger partial charge in [0.15, 0.2) is 5.69 Å². The molecule has 0 unspecified atom stereocenters. The van der Waals surface area contributed by atoms with E-state index in [2.05, 4.69) is 22.1 Å². The van der Waals surface area contributed by atoms with Crippen LogP contribution in [-0.4, -0.2) is 33.9 Å². The molecule has 0 bridgehead atoms. The summed E-state index contributed by atoms with van der Waals surface area (Å²) in [6.07, 6.45) is 2.20. The largest absolute Gasteiger partial charge is 0.341 e. The van der Waals surface area contributed by atoms with Crippen molar-refractivity contribution >= 4 is 5.91 Å². The van der Waals surface area contributed by atoms with Gasteiger partial charge in [0.25, 0.3) is 5.91 Å². The molecule has 32 heavy (non-hydrogen) atoms. The molecule has 0 radical (unpaired) electrons. The second-order valence-corrected chi connectivity index (χ2v) is 8.85. The molecule has 1 aliphatic heterocycles. The molecular weight excluding hydrogens is 398 g/mol. The highest BCUT2D eigenvalue weighted by Gasteiger charge is 2.33. The molecule has 1 saturated heterocycles. The zero-order valence-corrected chi connectivity index (χ0v) is 18.1. The van der Waals surface area contributed by atoms with E-state index < -0.39 is 0 Å². The molecule has 1 aliphatic carbocycles. The summed E-state index contributed by atoms with van der Waals surface area (Å²) in [6.45, 7) is 5.27. The number of carbonyl (C=O) groups excluding carboxylic acids is 1. The van der Waals surface area contributed by atoms with Gasteiger partial charge in [-0.3, -0.25) is 4.79 Å². The number of likely N-dealkylation sites (tertiary alicyclic amines) is 1. The number of aromatic nitrogens is 2. The van der Waals surface area contributed by atoms with Crippen molar-refractivity contribution in [2.75, 3.05) is 13.1 Å². The Kier molecular flexibility index (Phi) is 4.79. The topological polar surface area (TPSA) is 96.6 Å². The third-order valence-electron chi connectivity index (χ3n) is 6.54.